The molecule has 1 saturated heterocycles. The number of rotatable bonds is 2. The molecular weight excluding hydrogens is 226 g/mol. The van der Waals surface area contributed by atoms with Gasteiger partial charge in [0.2, 0.25) is 0 Å². The molecule has 0 saturated carbocycles. The zero-order valence-corrected chi connectivity index (χ0v) is 8.96. The predicted molar refractivity (Wildman–Crippen MR) is 56.7 cm³/mol. The maximum atomic E-state index is 12.0. The van der Waals surface area contributed by atoms with Crippen molar-refractivity contribution in [1.82, 2.24) is 4.90 Å². The number of aliphatic carboxylic acids is 1. The Morgan fingerprint density at radius 1 is 1.41 bits per heavy atom. The van der Waals surface area contributed by atoms with Crippen LogP contribution in [0, 0.1) is 0 Å². The Kier molecular flexibility index (Phi) is 2.95. The highest BCUT2D eigenvalue weighted by Crippen LogP contribution is 2.19. The lowest BCUT2D eigenvalue weighted by atomic mass is 10.2. The van der Waals surface area contributed by atoms with Gasteiger partial charge in [-0.1, -0.05) is 0 Å². The van der Waals surface area contributed by atoms with Gasteiger partial charge in [0.15, 0.2) is 0 Å². The van der Waals surface area contributed by atoms with Crippen LogP contribution in [0.1, 0.15) is 23.2 Å². The van der Waals surface area contributed by atoms with Crippen molar-refractivity contribution < 1.29 is 19.1 Å². The van der Waals surface area contributed by atoms with Crippen LogP contribution in [0.15, 0.2) is 27.6 Å². The van der Waals surface area contributed by atoms with E-state index in [2.05, 4.69) is 4.42 Å². The molecule has 0 aliphatic carbocycles. The summed E-state index contributed by atoms with van der Waals surface area (Å²) in [6, 6.07) is 1.69. The first-order chi connectivity index (χ1) is 8.09. The fourth-order valence-electron chi connectivity index (χ4n) is 1.91. The van der Waals surface area contributed by atoms with Crippen LogP contribution in [-0.2, 0) is 4.79 Å². The fraction of sp³-hybridized carbons (Fsp3) is 0.364. The topological polar surface area (TPSA) is 87.8 Å². The fourth-order valence-corrected chi connectivity index (χ4v) is 1.91. The third-order valence-corrected chi connectivity index (χ3v) is 2.75. The SMILES string of the molecule is O=C(O)[C@H]1CCCN1C(=O)c1ccc(=O)oc1. The van der Waals surface area contributed by atoms with Gasteiger partial charge in [0.25, 0.3) is 5.91 Å². The third-order valence-electron chi connectivity index (χ3n) is 2.75. The molecule has 0 aromatic carbocycles. The Hall–Kier alpha value is -2.11. The molecule has 0 spiro atoms. The smallest absolute Gasteiger partial charge is 0.335 e. The molecule has 1 N–H and O–H groups in total. The molecule has 90 valence electrons. The summed E-state index contributed by atoms with van der Waals surface area (Å²) in [4.78, 5) is 34.9. The Balaban J connectivity index is 2.22. The molecular formula is C11H11NO5. The second kappa shape index (κ2) is 4.40. The number of likely N-dealkylation sites (tertiary alicyclic amines) is 1. The van der Waals surface area contributed by atoms with E-state index in [1.54, 1.807) is 0 Å². The van der Waals surface area contributed by atoms with Gasteiger partial charge in [0.05, 0.1) is 5.56 Å². The number of nitrogens with zero attached hydrogens (tertiary/aromatic N) is 1. The lowest BCUT2D eigenvalue weighted by Gasteiger charge is -2.20. The van der Waals surface area contributed by atoms with Crippen molar-refractivity contribution in [2.45, 2.75) is 18.9 Å². The highest BCUT2D eigenvalue weighted by Gasteiger charge is 2.34. The number of carboxylic acid groups (broad SMARTS) is 1. The molecule has 0 bridgehead atoms. The average molecular weight is 237 g/mol. The van der Waals surface area contributed by atoms with Crippen LogP contribution in [0.25, 0.3) is 0 Å². The van der Waals surface area contributed by atoms with E-state index in [1.807, 2.05) is 0 Å². The Labute approximate surface area is 96.5 Å². The molecule has 2 rings (SSSR count). The summed E-state index contributed by atoms with van der Waals surface area (Å²) in [7, 11) is 0. The van der Waals surface area contributed by atoms with E-state index >= 15 is 0 Å². The molecule has 0 unspecified atom stereocenters. The molecule has 1 fully saturated rings. The molecule has 6 heteroatoms. The van der Waals surface area contributed by atoms with Gasteiger partial charge in [0, 0.05) is 12.6 Å². The van der Waals surface area contributed by atoms with Gasteiger partial charge in [-0.25, -0.2) is 9.59 Å². The van der Waals surface area contributed by atoms with Crippen LogP contribution < -0.4 is 5.63 Å². The van der Waals surface area contributed by atoms with E-state index in [4.69, 9.17) is 5.11 Å². The first kappa shape index (κ1) is 11.4. The van der Waals surface area contributed by atoms with Gasteiger partial charge in [-0.2, -0.15) is 0 Å². The van der Waals surface area contributed by atoms with E-state index in [0.717, 1.165) is 12.3 Å². The van der Waals surface area contributed by atoms with Crippen LogP contribution in [0.2, 0.25) is 0 Å². The van der Waals surface area contributed by atoms with E-state index in [9.17, 15) is 14.4 Å². The number of carboxylic acids is 1. The van der Waals surface area contributed by atoms with Gasteiger partial charge in [-0.15, -0.1) is 0 Å². The third kappa shape index (κ3) is 2.20. The first-order valence-electron chi connectivity index (χ1n) is 5.22. The minimum Gasteiger partial charge on any atom is -0.480 e. The quantitative estimate of drug-likeness (QED) is 0.800. The van der Waals surface area contributed by atoms with Crippen LogP contribution in [0.5, 0.6) is 0 Å². The second-order valence-corrected chi connectivity index (χ2v) is 3.84. The Morgan fingerprint density at radius 3 is 2.76 bits per heavy atom. The molecule has 1 aromatic rings. The summed E-state index contributed by atoms with van der Waals surface area (Å²) in [6.45, 7) is 0.412. The molecule has 1 aromatic heterocycles. The summed E-state index contributed by atoms with van der Waals surface area (Å²) in [5.41, 5.74) is -0.351. The molecule has 0 radical (unpaired) electrons. The standard InChI is InChI=1S/C11H11NO5/c13-9-4-3-7(6-17-9)10(14)12-5-1-2-8(12)11(15)16/h3-4,6,8H,1-2,5H2,(H,15,16)/t8-/m1/s1. The minimum absolute atomic E-state index is 0.192. The summed E-state index contributed by atoms with van der Waals surface area (Å²) < 4.78 is 4.58. The van der Waals surface area contributed by atoms with Crippen molar-refractivity contribution in [2.75, 3.05) is 6.54 Å². The largest absolute Gasteiger partial charge is 0.480 e. The monoisotopic (exact) mass is 237 g/mol. The van der Waals surface area contributed by atoms with E-state index in [-0.39, 0.29) is 5.56 Å². The molecule has 2 heterocycles. The summed E-state index contributed by atoms with van der Waals surface area (Å²) in [5.74, 6) is -1.42. The lowest BCUT2D eigenvalue weighted by Crippen LogP contribution is -2.40. The molecule has 1 amide bonds. The summed E-state index contributed by atoms with van der Waals surface area (Å²) in [6.07, 6.45) is 2.18. The molecule has 6 nitrogen and oxygen atoms in total. The highest BCUT2D eigenvalue weighted by molar-refractivity contribution is 5.96. The zero-order valence-electron chi connectivity index (χ0n) is 8.96. The number of amides is 1. The maximum absolute atomic E-state index is 12.0. The highest BCUT2D eigenvalue weighted by atomic mass is 16.4. The van der Waals surface area contributed by atoms with Crippen molar-refractivity contribution in [1.29, 1.82) is 0 Å². The lowest BCUT2D eigenvalue weighted by molar-refractivity contribution is -0.141. The normalized spacial score (nSPS) is 19.3. The van der Waals surface area contributed by atoms with Crippen molar-refractivity contribution in [3.8, 4) is 0 Å². The van der Waals surface area contributed by atoms with Crippen molar-refractivity contribution in [2.24, 2.45) is 0 Å². The summed E-state index contributed by atoms with van der Waals surface area (Å²) >= 11 is 0. The molecule has 1 aliphatic rings. The Morgan fingerprint density at radius 2 is 2.18 bits per heavy atom. The second-order valence-electron chi connectivity index (χ2n) is 3.84. The van der Waals surface area contributed by atoms with Crippen molar-refractivity contribution in [3.05, 3.63) is 34.4 Å². The van der Waals surface area contributed by atoms with Crippen LogP contribution in [0.4, 0.5) is 0 Å². The predicted octanol–water partition coefficient (Wildman–Crippen LogP) is 0.329. The molecule has 17 heavy (non-hydrogen) atoms. The average Bonchev–Trinajstić information content (AvgIpc) is 2.78. The van der Waals surface area contributed by atoms with Gasteiger partial charge in [-0.05, 0) is 18.9 Å². The van der Waals surface area contributed by atoms with Crippen LogP contribution in [0.3, 0.4) is 0 Å². The Bertz CT molecular complexity index is 486. The first-order valence-corrected chi connectivity index (χ1v) is 5.22. The van der Waals surface area contributed by atoms with Gasteiger partial charge < -0.3 is 14.4 Å². The van der Waals surface area contributed by atoms with Crippen molar-refractivity contribution >= 4 is 11.9 Å². The van der Waals surface area contributed by atoms with Crippen LogP contribution >= 0.6 is 0 Å². The van der Waals surface area contributed by atoms with E-state index in [0.29, 0.717) is 19.4 Å². The van der Waals surface area contributed by atoms with Gasteiger partial charge in [-0.3, -0.25) is 4.79 Å². The van der Waals surface area contributed by atoms with Crippen LogP contribution in [-0.4, -0.2) is 34.5 Å². The van der Waals surface area contributed by atoms with Gasteiger partial charge >= 0.3 is 11.6 Å². The van der Waals surface area contributed by atoms with E-state index in [1.165, 1.54) is 11.0 Å². The van der Waals surface area contributed by atoms with Gasteiger partial charge in [0.1, 0.15) is 12.3 Å². The minimum atomic E-state index is -1.01. The molecule has 1 aliphatic heterocycles. The van der Waals surface area contributed by atoms with Crippen molar-refractivity contribution in [3.63, 3.8) is 0 Å². The zero-order chi connectivity index (χ0) is 12.4. The van der Waals surface area contributed by atoms with E-state index < -0.39 is 23.5 Å². The number of hydrogen-bond donors (Lipinski definition) is 1. The number of hydrogen-bond acceptors (Lipinski definition) is 4. The summed E-state index contributed by atoms with van der Waals surface area (Å²) in [5, 5.41) is 8.96. The number of carbonyl (C=O) groups excluding carboxylic acids is 1. The number of carbonyl (C=O) groups is 2. The molecule has 1 atom stereocenters. The maximum Gasteiger partial charge on any atom is 0.335 e.